The molecule has 0 saturated carbocycles. The summed E-state index contributed by atoms with van der Waals surface area (Å²) in [5.41, 5.74) is 3.66. The Morgan fingerprint density at radius 2 is 1.72 bits per heavy atom. The van der Waals surface area contributed by atoms with Crippen LogP contribution in [0.5, 0.6) is 0 Å². The first-order valence-corrected chi connectivity index (χ1v) is 10.0. The Labute approximate surface area is 173 Å². The number of hydrogen-bond acceptors (Lipinski definition) is 4. The lowest BCUT2D eigenvalue weighted by molar-refractivity contribution is 0.0943. The zero-order valence-corrected chi connectivity index (χ0v) is 17.7. The number of amides is 2. The van der Waals surface area contributed by atoms with Crippen molar-refractivity contribution in [2.24, 2.45) is 0 Å². The molecule has 0 aliphatic rings. The van der Waals surface area contributed by atoms with Crippen molar-refractivity contribution in [3.8, 4) is 0 Å². The molecule has 2 rings (SSSR count). The first-order valence-electron chi connectivity index (χ1n) is 10.0. The third-order valence-corrected chi connectivity index (χ3v) is 4.56. The van der Waals surface area contributed by atoms with Crippen LogP contribution in [0.4, 0.5) is 11.4 Å². The SMILES string of the molecule is CCOCCCNC(=O)c1cc(NC(=O)c2ccc(CC)cc2)ccc1N(C)C. The fourth-order valence-corrected chi connectivity index (χ4v) is 2.90. The van der Waals surface area contributed by atoms with Gasteiger partial charge in [-0.15, -0.1) is 0 Å². The first-order chi connectivity index (χ1) is 14.0. The highest BCUT2D eigenvalue weighted by atomic mass is 16.5. The summed E-state index contributed by atoms with van der Waals surface area (Å²) in [4.78, 5) is 27.1. The number of ether oxygens (including phenoxy) is 1. The average molecular weight is 398 g/mol. The summed E-state index contributed by atoms with van der Waals surface area (Å²) in [6, 6.07) is 12.9. The van der Waals surface area contributed by atoms with Gasteiger partial charge in [0, 0.05) is 50.8 Å². The van der Waals surface area contributed by atoms with Crippen molar-refractivity contribution in [2.75, 3.05) is 44.1 Å². The average Bonchev–Trinajstić information content (AvgIpc) is 2.73. The molecule has 0 aromatic heterocycles. The van der Waals surface area contributed by atoms with E-state index in [1.165, 1.54) is 5.56 Å². The Bertz CT molecular complexity index is 817. The van der Waals surface area contributed by atoms with Gasteiger partial charge >= 0.3 is 0 Å². The molecular weight excluding hydrogens is 366 g/mol. The standard InChI is InChI=1S/C23H31N3O3/c1-5-17-8-10-18(11-9-17)22(27)25-19-12-13-21(26(3)4)20(16-19)23(28)24-14-7-15-29-6-2/h8-13,16H,5-7,14-15H2,1-4H3,(H,24,28)(H,25,27). The van der Waals surface area contributed by atoms with E-state index in [-0.39, 0.29) is 11.8 Å². The number of rotatable bonds is 10. The number of benzene rings is 2. The molecule has 2 aromatic carbocycles. The second-order valence-electron chi connectivity index (χ2n) is 6.94. The maximum absolute atomic E-state index is 12.7. The number of hydrogen-bond donors (Lipinski definition) is 2. The molecule has 0 aliphatic heterocycles. The van der Waals surface area contributed by atoms with Crippen LogP contribution in [0.15, 0.2) is 42.5 Å². The van der Waals surface area contributed by atoms with Crippen molar-refractivity contribution < 1.29 is 14.3 Å². The van der Waals surface area contributed by atoms with E-state index in [0.717, 1.165) is 18.5 Å². The summed E-state index contributed by atoms with van der Waals surface area (Å²) in [5.74, 6) is -0.373. The number of nitrogens with zero attached hydrogens (tertiary/aromatic N) is 1. The fourth-order valence-electron chi connectivity index (χ4n) is 2.90. The van der Waals surface area contributed by atoms with Crippen molar-refractivity contribution in [3.05, 3.63) is 59.2 Å². The topological polar surface area (TPSA) is 70.7 Å². The minimum atomic E-state index is -0.201. The van der Waals surface area contributed by atoms with Crippen molar-refractivity contribution in [3.63, 3.8) is 0 Å². The highest BCUT2D eigenvalue weighted by Gasteiger charge is 2.15. The quantitative estimate of drug-likeness (QED) is 0.600. The normalized spacial score (nSPS) is 10.5. The molecule has 2 amide bonds. The van der Waals surface area contributed by atoms with Crippen molar-refractivity contribution in [1.29, 1.82) is 0 Å². The van der Waals surface area contributed by atoms with Gasteiger partial charge in [-0.25, -0.2) is 0 Å². The molecule has 0 saturated heterocycles. The first kappa shape index (κ1) is 22.4. The predicted octanol–water partition coefficient (Wildman–Crippen LogP) is 3.72. The predicted molar refractivity (Wildman–Crippen MR) is 118 cm³/mol. The van der Waals surface area contributed by atoms with Gasteiger partial charge in [-0.2, -0.15) is 0 Å². The van der Waals surface area contributed by atoms with Gasteiger partial charge in [0.15, 0.2) is 0 Å². The lowest BCUT2D eigenvalue weighted by Crippen LogP contribution is -2.27. The number of nitrogens with one attached hydrogen (secondary N) is 2. The lowest BCUT2D eigenvalue weighted by atomic mass is 10.1. The second-order valence-corrected chi connectivity index (χ2v) is 6.94. The third kappa shape index (κ3) is 6.61. The number of aryl methyl sites for hydroxylation is 1. The van der Waals surface area contributed by atoms with E-state index in [1.54, 1.807) is 12.1 Å². The van der Waals surface area contributed by atoms with E-state index in [4.69, 9.17) is 4.74 Å². The van der Waals surface area contributed by atoms with Crippen molar-refractivity contribution in [2.45, 2.75) is 26.7 Å². The van der Waals surface area contributed by atoms with Crippen LogP contribution < -0.4 is 15.5 Å². The van der Waals surface area contributed by atoms with Gasteiger partial charge in [0.2, 0.25) is 0 Å². The molecule has 0 fully saturated rings. The van der Waals surface area contributed by atoms with Crippen LogP contribution in [-0.2, 0) is 11.2 Å². The summed E-state index contributed by atoms with van der Waals surface area (Å²) in [7, 11) is 3.77. The van der Waals surface area contributed by atoms with Crippen LogP contribution in [0.1, 0.15) is 46.5 Å². The van der Waals surface area contributed by atoms with Gasteiger partial charge in [0.1, 0.15) is 0 Å². The molecule has 0 heterocycles. The molecule has 0 spiro atoms. The molecule has 2 aromatic rings. The Morgan fingerprint density at radius 3 is 2.34 bits per heavy atom. The molecule has 2 N–H and O–H groups in total. The fraction of sp³-hybridized carbons (Fsp3) is 0.391. The maximum Gasteiger partial charge on any atom is 0.255 e. The summed E-state index contributed by atoms with van der Waals surface area (Å²) in [6.07, 6.45) is 1.68. The van der Waals surface area contributed by atoms with E-state index in [1.807, 2.05) is 56.3 Å². The van der Waals surface area contributed by atoms with Crippen molar-refractivity contribution >= 4 is 23.2 Å². The van der Waals surface area contributed by atoms with Gasteiger partial charge in [-0.3, -0.25) is 9.59 Å². The molecule has 0 radical (unpaired) electrons. The zero-order chi connectivity index (χ0) is 21.2. The van der Waals surface area contributed by atoms with E-state index in [2.05, 4.69) is 17.6 Å². The van der Waals surface area contributed by atoms with Crippen LogP contribution in [-0.4, -0.2) is 45.7 Å². The summed E-state index contributed by atoms with van der Waals surface area (Å²) >= 11 is 0. The van der Waals surface area contributed by atoms with Gasteiger partial charge in [-0.05, 0) is 55.7 Å². The van der Waals surface area contributed by atoms with E-state index < -0.39 is 0 Å². The van der Waals surface area contributed by atoms with Crippen LogP contribution in [0.3, 0.4) is 0 Å². The lowest BCUT2D eigenvalue weighted by Gasteiger charge is -2.18. The van der Waals surface area contributed by atoms with E-state index in [0.29, 0.717) is 36.6 Å². The van der Waals surface area contributed by atoms with Crippen LogP contribution in [0.25, 0.3) is 0 Å². The maximum atomic E-state index is 12.7. The Morgan fingerprint density at radius 1 is 1.00 bits per heavy atom. The smallest absolute Gasteiger partial charge is 0.255 e. The highest BCUT2D eigenvalue weighted by Crippen LogP contribution is 2.23. The van der Waals surface area contributed by atoms with Crippen LogP contribution >= 0.6 is 0 Å². The van der Waals surface area contributed by atoms with E-state index >= 15 is 0 Å². The highest BCUT2D eigenvalue weighted by molar-refractivity contribution is 6.06. The summed E-state index contributed by atoms with van der Waals surface area (Å²) in [6.45, 7) is 5.84. The largest absolute Gasteiger partial charge is 0.382 e. The number of carbonyl (C=O) groups is 2. The molecule has 29 heavy (non-hydrogen) atoms. The van der Waals surface area contributed by atoms with Gasteiger partial charge in [0.25, 0.3) is 11.8 Å². The van der Waals surface area contributed by atoms with Crippen LogP contribution in [0, 0.1) is 0 Å². The Balaban J connectivity index is 2.11. The number of carbonyl (C=O) groups excluding carboxylic acids is 2. The molecular formula is C23H31N3O3. The second kappa shape index (κ2) is 11.2. The van der Waals surface area contributed by atoms with Gasteiger partial charge in [-0.1, -0.05) is 19.1 Å². The minimum absolute atomic E-state index is 0.173. The Kier molecular flexibility index (Phi) is 8.68. The molecule has 6 heteroatoms. The molecule has 6 nitrogen and oxygen atoms in total. The minimum Gasteiger partial charge on any atom is -0.382 e. The monoisotopic (exact) mass is 397 g/mol. The van der Waals surface area contributed by atoms with Gasteiger partial charge in [0.05, 0.1) is 5.56 Å². The molecule has 0 unspecified atom stereocenters. The number of anilines is 2. The van der Waals surface area contributed by atoms with E-state index in [9.17, 15) is 9.59 Å². The van der Waals surface area contributed by atoms with Crippen LogP contribution in [0.2, 0.25) is 0 Å². The molecule has 0 aliphatic carbocycles. The van der Waals surface area contributed by atoms with Crippen molar-refractivity contribution in [1.82, 2.24) is 5.32 Å². The molecule has 156 valence electrons. The third-order valence-electron chi connectivity index (χ3n) is 4.56. The summed E-state index contributed by atoms with van der Waals surface area (Å²) < 4.78 is 5.30. The summed E-state index contributed by atoms with van der Waals surface area (Å²) in [5, 5.41) is 5.80. The van der Waals surface area contributed by atoms with Gasteiger partial charge < -0.3 is 20.3 Å². The molecule has 0 atom stereocenters. The Hall–Kier alpha value is -2.86. The molecule has 0 bridgehead atoms. The zero-order valence-electron chi connectivity index (χ0n) is 17.7.